The van der Waals surface area contributed by atoms with E-state index in [9.17, 15) is 9.90 Å². The van der Waals surface area contributed by atoms with Crippen LogP contribution in [-0.2, 0) is 5.41 Å². The number of carbonyl (C=O) groups is 1. The maximum atomic E-state index is 12.1. The van der Waals surface area contributed by atoms with E-state index in [1.807, 2.05) is 78.9 Å². The number of rotatable bonds is 3. The molecule has 0 amide bonds. The van der Waals surface area contributed by atoms with Crippen LogP contribution in [0, 0.1) is 0 Å². The number of hydrogen-bond donors (Lipinski definition) is 3. The fourth-order valence-electron chi connectivity index (χ4n) is 4.91. The number of carboxylic acid groups (broad SMARTS) is 1. The molecule has 4 nitrogen and oxygen atoms in total. The molecule has 0 saturated carbocycles. The molecule has 0 heterocycles. The highest BCUT2D eigenvalue weighted by Gasteiger charge is 2.48. The number of nitrogens with two attached hydrogens (primary N) is 2. The van der Waals surface area contributed by atoms with Gasteiger partial charge in [-0.15, -0.1) is 0 Å². The summed E-state index contributed by atoms with van der Waals surface area (Å²) in [6.45, 7) is 0. The van der Waals surface area contributed by atoms with Crippen molar-refractivity contribution in [2.24, 2.45) is 0 Å². The van der Waals surface area contributed by atoms with Crippen LogP contribution in [0.5, 0.6) is 0 Å². The second-order valence-corrected chi connectivity index (χ2v) is 7.50. The molecule has 0 spiro atoms. The van der Waals surface area contributed by atoms with Gasteiger partial charge < -0.3 is 16.6 Å². The first-order valence-electron chi connectivity index (χ1n) is 9.73. The largest absolute Gasteiger partial charge is 0.478 e. The lowest BCUT2D eigenvalue weighted by atomic mass is 9.66. The van der Waals surface area contributed by atoms with E-state index in [1.165, 1.54) is 0 Å². The normalized spacial score (nSPS) is 13.5. The number of carboxylic acids is 1. The van der Waals surface area contributed by atoms with E-state index in [4.69, 9.17) is 11.5 Å². The molecule has 0 unspecified atom stereocenters. The van der Waals surface area contributed by atoms with Crippen molar-refractivity contribution in [3.05, 3.63) is 119 Å². The molecule has 0 bridgehead atoms. The minimum absolute atomic E-state index is 0.269. The number of fused-ring (bicyclic) bond motifs is 3. The first-order chi connectivity index (χ1) is 14.6. The Morgan fingerprint density at radius 2 is 1.13 bits per heavy atom. The van der Waals surface area contributed by atoms with Crippen molar-refractivity contribution in [1.82, 2.24) is 0 Å². The smallest absolute Gasteiger partial charge is 0.336 e. The van der Waals surface area contributed by atoms with Crippen LogP contribution in [0.25, 0.3) is 11.1 Å². The van der Waals surface area contributed by atoms with Crippen molar-refractivity contribution in [3.8, 4) is 11.1 Å². The van der Waals surface area contributed by atoms with Gasteiger partial charge in [0.2, 0.25) is 0 Å². The summed E-state index contributed by atoms with van der Waals surface area (Å²) in [5, 5.41) is 9.95. The monoisotopic (exact) mass is 392 g/mol. The van der Waals surface area contributed by atoms with Crippen LogP contribution in [0.4, 0.5) is 11.4 Å². The quantitative estimate of drug-likeness (QED) is 0.381. The summed E-state index contributed by atoms with van der Waals surface area (Å²) in [6.07, 6.45) is 0. The minimum Gasteiger partial charge on any atom is -0.478 e. The zero-order chi connectivity index (χ0) is 20.9. The molecule has 0 aromatic heterocycles. The molecule has 0 aliphatic heterocycles. The fourth-order valence-corrected chi connectivity index (χ4v) is 4.91. The highest BCUT2D eigenvalue weighted by atomic mass is 16.4. The average Bonchev–Trinajstić information content (AvgIpc) is 3.06. The Morgan fingerprint density at radius 3 is 1.70 bits per heavy atom. The predicted octanol–water partition coefficient (Wildman–Crippen LogP) is 4.91. The van der Waals surface area contributed by atoms with E-state index >= 15 is 0 Å². The Morgan fingerprint density at radius 1 is 0.633 bits per heavy atom. The molecular formula is C26H20N2O2. The van der Waals surface area contributed by atoms with Crippen LogP contribution in [0.15, 0.2) is 91.0 Å². The first-order valence-corrected chi connectivity index (χ1v) is 9.73. The predicted molar refractivity (Wildman–Crippen MR) is 120 cm³/mol. The van der Waals surface area contributed by atoms with Crippen molar-refractivity contribution in [3.63, 3.8) is 0 Å². The Balaban J connectivity index is 2.05. The minimum atomic E-state index is -0.959. The van der Waals surface area contributed by atoms with Crippen LogP contribution in [0.2, 0.25) is 0 Å². The molecule has 5 N–H and O–H groups in total. The van der Waals surface area contributed by atoms with Crippen LogP contribution in [0.1, 0.15) is 32.6 Å². The first kappa shape index (κ1) is 18.0. The zero-order valence-corrected chi connectivity index (χ0v) is 16.2. The van der Waals surface area contributed by atoms with Gasteiger partial charge in [-0.05, 0) is 46.0 Å². The van der Waals surface area contributed by atoms with Gasteiger partial charge in [0.1, 0.15) is 0 Å². The standard InChI is InChI=1S/C26H20N2O2/c27-22-14-5-3-11-19(22)26(20-12-4-6-15-23(20)28)18-10-2-1-8-16(18)24-17(25(29)30)9-7-13-21(24)26/h1-15H,27-28H2,(H,29,30). The topological polar surface area (TPSA) is 89.3 Å². The highest BCUT2D eigenvalue weighted by Crippen LogP contribution is 2.58. The van der Waals surface area contributed by atoms with Crippen molar-refractivity contribution in [2.45, 2.75) is 5.41 Å². The van der Waals surface area contributed by atoms with Gasteiger partial charge in [0.15, 0.2) is 0 Å². The van der Waals surface area contributed by atoms with E-state index in [0.29, 0.717) is 16.9 Å². The van der Waals surface area contributed by atoms with Gasteiger partial charge in [0.05, 0.1) is 11.0 Å². The summed E-state index contributed by atoms with van der Waals surface area (Å²) in [7, 11) is 0. The van der Waals surface area contributed by atoms with Gasteiger partial charge in [0, 0.05) is 16.9 Å². The Hall–Kier alpha value is -4.05. The zero-order valence-electron chi connectivity index (χ0n) is 16.2. The van der Waals surface area contributed by atoms with Crippen molar-refractivity contribution < 1.29 is 9.90 Å². The fraction of sp³-hybridized carbons (Fsp3) is 0.0385. The molecular weight excluding hydrogens is 372 g/mol. The van der Waals surface area contributed by atoms with Crippen LogP contribution < -0.4 is 11.5 Å². The van der Waals surface area contributed by atoms with E-state index in [2.05, 4.69) is 0 Å². The average molecular weight is 392 g/mol. The van der Waals surface area contributed by atoms with Gasteiger partial charge in [0.25, 0.3) is 0 Å². The lowest BCUT2D eigenvalue weighted by molar-refractivity contribution is 0.0697. The molecule has 4 heteroatoms. The number of aromatic carboxylic acids is 1. The van der Waals surface area contributed by atoms with Gasteiger partial charge >= 0.3 is 5.97 Å². The summed E-state index contributed by atoms with van der Waals surface area (Å²) in [5.74, 6) is -0.959. The van der Waals surface area contributed by atoms with E-state index < -0.39 is 11.4 Å². The SMILES string of the molecule is Nc1ccccc1C1(c2ccccc2N)c2ccccc2-c2c(C(=O)O)cccc21. The summed E-state index contributed by atoms with van der Waals surface area (Å²) < 4.78 is 0. The molecule has 0 fully saturated rings. The van der Waals surface area contributed by atoms with E-state index in [-0.39, 0.29) is 5.56 Å². The molecule has 4 aromatic rings. The highest BCUT2D eigenvalue weighted by molar-refractivity contribution is 6.02. The summed E-state index contributed by atoms with van der Waals surface area (Å²) in [6, 6.07) is 28.8. The Kier molecular flexibility index (Phi) is 3.90. The third-order valence-corrected chi connectivity index (χ3v) is 6.03. The van der Waals surface area contributed by atoms with Crippen LogP contribution >= 0.6 is 0 Å². The van der Waals surface area contributed by atoms with Gasteiger partial charge in [-0.2, -0.15) is 0 Å². The second-order valence-electron chi connectivity index (χ2n) is 7.50. The maximum absolute atomic E-state index is 12.1. The van der Waals surface area contributed by atoms with Gasteiger partial charge in [-0.3, -0.25) is 0 Å². The number of para-hydroxylation sites is 2. The van der Waals surface area contributed by atoms with E-state index in [0.717, 1.165) is 27.8 Å². The summed E-state index contributed by atoms with van der Waals surface area (Å²) >= 11 is 0. The lowest BCUT2D eigenvalue weighted by Crippen LogP contribution is -2.30. The number of benzene rings is 4. The Bertz CT molecular complexity index is 1260. The van der Waals surface area contributed by atoms with Crippen molar-refractivity contribution >= 4 is 17.3 Å². The summed E-state index contributed by atoms with van der Waals surface area (Å²) in [4.78, 5) is 12.1. The lowest BCUT2D eigenvalue weighted by Gasteiger charge is -2.35. The molecule has 0 saturated heterocycles. The van der Waals surface area contributed by atoms with Gasteiger partial charge in [-0.25, -0.2) is 4.79 Å². The molecule has 1 aliphatic carbocycles. The van der Waals surface area contributed by atoms with Crippen molar-refractivity contribution in [2.75, 3.05) is 11.5 Å². The van der Waals surface area contributed by atoms with Crippen LogP contribution in [0.3, 0.4) is 0 Å². The maximum Gasteiger partial charge on any atom is 0.336 e. The molecule has 4 aromatic carbocycles. The molecule has 0 radical (unpaired) electrons. The second kappa shape index (κ2) is 6.49. The third kappa shape index (κ3) is 2.25. The Labute approximate surface area is 174 Å². The molecule has 30 heavy (non-hydrogen) atoms. The summed E-state index contributed by atoms with van der Waals surface area (Å²) in [5.41, 5.74) is 19.0. The number of anilines is 2. The number of nitrogen functional groups attached to an aromatic ring is 2. The van der Waals surface area contributed by atoms with Crippen LogP contribution in [-0.4, -0.2) is 11.1 Å². The molecule has 0 atom stereocenters. The van der Waals surface area contributed by atoms with Crippen molar-refractivity contribution in [1.29, 1.82) is 0 Å². The third-order valence-electron chi connectivity index (χ3n) is 6.03. The molecule has 146 valence electrons. The molecule has 1 aliphatic rings. The molecule has 5 rings (SSSR count). The number of hydrogen-bond acceptors (Lipinski definition) is 3. The van der Waals surface area contributed by atoms with Gasteiger partial charge in [-0.1, -0.05) is 72.8 Å². The van der Waals surface area contributed by atoms with E-state index in [1.54, 1.807) is 12.1 Å².